The van der Waals surface area contributed by atoms with Gasteiger partial charge in [0.25, 0.3) is 15.9 Å². The predicted molar refractivity (Wildman–Crippen MR) is 146 cm³/mol. The molecule has 0 spiro atoms. The van der Waals surface area contributed by atoms with Gasteiger partial charge in [0.2, 0.25) is 0 Å². The number of carbonyl (C=O) groups excluding carboxylic acids is 2. The minimum atomic E-state index is -3.79. The number of nitrogens with zero attached hydrogens (tertiary/aromatic N) is 1. The van der Waals surface area contributed by atoms with Crippen LogP contribution >= 0.6 is 11.6 Å². The van der Waals surface area contributed by atoms with Gasteiger partial charge >= 0.3 is 5.97 Å². The van der Waals surface area contributed by atoms with Crippen LogP contribution in [-0.2, 0) is 10.0 Å². The van der Waals surface area contributed by atoms with Gasteiger partial charge in [-0.15, -0.1) is 0 Å². The molecule has 0 aromatic heterocycles. The number of anilines is 1. The number of rotatable bonds is 8. The number of hydrogen-bond donors (Lipinski definition) is 2. The molecule has 1 amide bonds. The first-order chi connectivity index (χ1) is 18.2. The summed E-state index contributed by atoms with van der Waals surface area (Å²) in [6.45, 7) is 1.84. The van der Waals surface area contributed by atoms with E-state index in [0.717, 1.165) is 5.56 Å². The van der Waals surface area contributed by atoms with Crippen LogP contribution in [-0.4, -0.2) is 26.5 Å². The van der Waals surface area contributed by atoms with Crippen LogP contribution in [0.1, 0.15) is 31.8 Å². The van der Waals surface area contributed by atoms with Crippen molar-refractivity contribution in [3.63, 3.8) is 0 Å². The summed E-state index contributed by atoms with van der Waals surface area (Å²) in [6.07, 6.45) is 1.44. The maximum atomic E-state index is 12.5. The Morgan fingerprint density at radius 2 is 1.53 bits per heavy atom. The molecule has 10 heteroatoms. The van der Waals surface area contributed by atoms with Crippen molar-refractivity contribution in [2.24, 2.45) is 5.10 Å². The number of nitrogens with one attached hydrogen (secondary N) is 2. The van der Waals surface area contributed by atoms with Crippen molar-refractivity contribution in [1.29, 1.82) is 0 Å². The molecule has 4 rings (SSSR count). The highest BCUT2D eigenvalue weighted by Gasteiger charge is 2.14. The lowest BCUT2D eigenvalue weighted by atomic mass is 10.1. The lowest BCUT2D eigenvalue weighted by Gasteiger charge is -2.09. The van der Waals surface area contributed by atoms with E-state index in [4.69, 9.17) is 16.3 Å². The van der Waals surface area contributed by atoms with E-state index in [2.05, 4.69) is 15.2 Å². The molecule has 0 saturated heterocycles. The number of benzene rings is 4. The molecule has 4 aromatic rings. The largest absolute Gasteiger partial charge is 0.423 e. The molecule has 0 bridgehead atoms. The fourth-order valence-electron chi connectivity index (χ4n) is 3.33. The second-order valence-electron chi connectivity index (χ2n) is 8.11. The second kappa shape index (κ2) is 11.7. The fraction of sp³-hybridized carbons (Fsp3) is 0.0357. The summed E-state index contributed by atoms with van der Waals surface area (Å²) < 4.78 is 32.8. The van der Waals surface area contributed by atoms with E-state index in [9.17, 15) is 18.0 Å². The first-order valence-corrected chi connectivity index (χ1v) is 13.2. The summed E-state index contributed by atoms with van der Waals surface area (Å²) in [5.41, 5.74) is 4.99. The third-order valence-corrected chi connectivity index (χ3v) is 7.01. The van der Waals surface area contributed by atoms with Gasteiger partial charge in [-0.2, -0.15) is 5.10 Å². The zero-order valence-electron chi connectivity index (χ0n) is 20.1. The van der Waals surface area contributed by atoms with Crippen molar-refractivity contribution in [3.8, 4) is 5.75 Å². The average molecular weight is 548 g/mol. The van der Waals surface area contributed by atoms with Crippen LogP contribution in [0.25, 0.3) is 0 Å². The number of esters is 1. The van der Waals surface area contributed by atoms with Crippen molar-refractivity contribution in [2.45, 2.75) is 11.8 Å². The molecule has 0 atom stereocenters. The molecule has 0 unspecified atom stereocenters. The van der Waals surface area contributed by atoms with E-state index < -0.39 is 21.9 Å². The fourth-order valence-corrected chi connectivity index (χ4v) is 4.52. The Morgan fingerprint density at radius 1 is 0.868 bits per heavy atom. The summed E-state index contributed by atoms with van der Waals surface area (Å²) in [7, 11) is -3.79. The molecule has 192 valence electrons. The topological polar surface area (TPSA) is 114 Å². The highest BCUT2D eigenvalue weighted by Crippen LogP contribution is 2.19. The third-order valence-electron chi connectivity index (χ3n) is 5.36. The molecule has 0 aliphatic heterocycles. The van der Waals surface area contributed by atoms with Crippen molar-refractivity contribution in [1.82, 2.24) is 5.43 Å². The molecule has 0 aliphatic rings. The second-order valence-corrected chi connectivity index (χ2v) is 10.2. The lowest BCUT2D eigenvalue weighted by molar-refractivity contribution is 0.0733. The number of halogens is 1. The molecule has 4 aromatic carbocycles. The van der Waals surface area contributed by atoms with Crippen LogP contribution < -0.4 is 14.9 Å². The van der Waals surface area contributed by atoms with E-state index in [1.165, 1.54) is 54.7 Å². The van der Waals surface area contributed by atoms with Crippen LogP contribution in [0.4, 0.5) is 5.69 Å². The Hall–Kier alpha value is -4.47. The van der Waals surface area contributed by atoms with E-state index >= 15 is 0 Å². The monoisotopic (exact) mass is 547 g/mol. The van der Waals surface area contributed by atoms with Crippen LogP contribution in [0.3, 0.4) is 0 Å². The summed E-state index contributed by atoms with van der Waals surface area (Å²) in [4.78, 5) is 24.8. The minimum Gasteiger partial charge on any atom is -0.423 e. The summed E-state index contributed by atoms with van der Waals surface area (Å²) in [5, 5.41) is 4.37. The predicted octanol–water partition coefficient (Wildman–Crippen LogP) is 5.43. The number of hydrazone groups is 1. The standard InChI is InChI=1S/C28H22ClN3O5S/c1-19-4-2-3-5-26(19)28(34)37-24-14-6-20(7-15-24)18-30-31-27(33)21-8-12-23(13-9-21)32-38(35,36)25-16-10-22(29)11-17-25/h2-18,32H,1H3,(H,31,33)/b30-18-. The van der Waals surface area contributed by atoms with Gasteiger partial charge in [0, 0.05) is 16.3 Å². The molecule has 38 heavy (non-hydrogen) atoms. The number of amides is 1. The SMILES string of the molecule is Cc1ccccc1C(=O)Oc1ccc(/C=N\NC(=O)c2ccc(NS(=O)(=O)c3ccc(Cl)cc3)cc2)cc1. The first-order valence-electron chi connectivity index (χ1n) is 11.3. The quantitative estimate of drug-likeness (QED) is 0.132. The normalized spacial score (nSPS) is 11.2. The molecule has 0 radical (unpaired) electrons. The van der Waals surface area contributed by atoms with Gasteiger partial charge in [-0.3, -0.25) is 9.52 Å². The summed E-state index contributed by atoms with van der Waals surface area (Å²) in [6, 6.07) is 25.5. The van der Waals surface area contributed by atoms with Crippen LogP contribution in [0.15, 0.2) is 107 Å². The number of aryl methyl sites for hydroxylation is 1. The van der Waals surface area contributed by atoms with Crippen LogP contribution in [0, 0.1) is 6.92 Å². The highest BCUT2D eigenvalue weighted by molar-refractivity contribution is 7.92. The molecule has 0 heterocycles. The molecular weight excluding hydrogens is 526 g/mol. The average Bonchev–Trinajstić information content (AvgIpc) is 2.90. The summed E-state index contributed by atoms with van der Waals surface area (Å²) in [5.74, 6) is -0.538. The Bertz CT molecular complexity index is 1590. The van der Waals surface area contributed by atoms with Gasteiger partial charge < -0.3 is 4.74 Å². The molecular formula is C28H22ClN3O5S. The van der Waals surface area contributed by atoms with E-state index in [1.54, 1.807) is 36.4 Å². The number of ether oxygens (including phenoxy) is 1. The zero-order valence-corrected chi connectivity index (χ0v) is 21.7. The van der Waals surface area contributed by atoms with Crippen LogP contribution in [0.2, 0.25) is 5.02 Å². The van der Waals surface area contributed by atoms with Crippen LogP contribution in [0.5, 0.6) is 5.75 Å². The molecule has 0 fully saturated rings. The Balaban J connectivity index is 1.31. The van der Waals surface area contributed by atoms with Crippen molar-refractivity contribution in [2.75, 3.05) is 4.72 Å². The highest BCUT2D eigenvalue weighted by atomic mass is 35.5. The van der Waals surface area contributed by atoms with Gasteiger partial charge in [-0.05, 0) is 96.9 Å². The smallest absolute Gasteiger partial charge is 0.343 e. The van der Waals surface area contributed by atoms with Crippen molar-refractivity contribution < 1.29 is 22.7 Å². The van der Waals surface area contributed by atoms with E-state index in [0.29, 0.717) is 27.6 Å². The van der Waals surface area contributed by atoms with Gasteiger partial charge in [-0.25, -0.2) is 18.6 Å². The Labute approximate surface area is 225 Å². The van der Waals surface area contributed by atoms with E-state index in [-0.39, 0.29) is 10.5 Å². The lowest BCUT2D eigenvalue weighted by Crippen LogP contribution is -2.18. The summed E-state index contributed by atoms with van der Waals surface area (Å²) >= 11 is 5.81. The number of carbonyl (C=O) groups is 2. The number of hydrogen-bond acceptors (Lipinski definition) is 6. The third kappa shape index (κ3) is 6.84. The van der Waals surface area contributed by atoms with Crippen molar-refractivity contribution in [3.05, 3.63) is 124 Å². The minimum absolute atomic E-state index is 0.0653. The molecule has 0 aliphatic carbocycles. The van der Waals surface area contributed by atoms with Gasteiger partial charge in [0.1, 0.15) is 5.75 Å². The Morgan fingerprint density at radius 3 is 2.18 bits per heavy atom. The van der Waals surface area contributed by atoms with E-state index in [1.807, 2.05) is 19.1 Å². The molecule has 0 saturated carbocycles. The maximum Gasteiger partial charge on any atom is 0.343 e. The zero-order chi connectivity index (χ0) is 27.1. The maximum absolute atomic E-state index is 12.5. The van der Waals surface area contributed by atoms with Gasteiger partial charge in [0.15, 0.2) is 0 Å². The number of sulfonamides is 1. The molecule has 8 nitrogen and oxygen atoms in total. The van der Waals surface area contributed by atoms with Gasteiger partial charge in [-0.1, -0.05) is 29.8 Å². The molecule has 2 N–H and O–H groups in total. The first kappa shape index (κ1) is 26.6. The van der Waals surface area contributed by atoms with Crippen molar-refractivity contribution >= 4 is 45.4 Å². The Kier molecular flexibility index (Phi) is 8.20. The van der Waals surface area contributed by atoms with Gasteiger partial charge in [0.05, 0.1) is 16.7 Å².